The lowest BCUT2D eigenvalue weighted by atomic mass is 9.74. The summed E-state index contributed by atoms with van der Waals surface area (Å²) in [4.78, 5) is 17.2. The van der Waals surface area contributed by atoms with Gasteiger partial charge < -0.3 is 9.14 Å². The quantitative estimate of drug-likeness (QED) is 0.801. The van der Waals surface area contributed by atoms with Crippen molar-refractivity contribution in [3.05, 3.63) is 35.9 Å². The van der Waals surface area contributed by atoms with Crippen molar-refractivity contribution in [2.75, 3.05) is 7.11 Å². The Morgan fingerprint density at radius 2 is 2.17 bits per heavy atom. The van der Waals surface area contributed by atoms with Gasteiger partial charge in [0.2, 0.25) is 0 Å². The molecule has 0 N–H and O–H groups in total. The molecule has 3 aliphatic rings. The molecular formula is C20H24N2O2. The van der Waals surface area contributed by atoms with E-state index in [1.807, 2.05) is 12.5 Å². The van der Waals surface area contributed by atoms with Crippen LogP contribution in [0.2, 0.25) is 0 Å². The van der Waals surface area contributed by atoms with E-state index in [1.165, 1.54) is 56.8 Å². The van der Waals surface area contributed by atoms with Crippen LogP contribution in [0.4, 0.5) is 0 Å². The van der Waals surface area contributed by atoms with Crippen molar-refractivity contribution in [1.29, 1.82) is 0 Å². The Kier molecular flexibility index (Phi) is 3.22. The second-order valence-electron chi connectivity index (χ2n) is 7.98. The molecule has 0 saturated heterocycles. The number of fused-ring (bicyclic) bond motifs is 3. The standard InChI is InChI=1S/C20H24N2O2/c1-24-20(23)19(16-9-12-2-3-14(16)8-12)18-15(13-4-5-13)6-7-22-11-21-10-17(18)22/h6-7,10-14,16,19H,2-5,8-9H2,1H3. The molecule has 3 aliphatic carbocycles. The minimum Gasteiger partial charge on any atom is -0.469 e. The van der Waals surface area contributed by atoms with Gasteiger partial charge in [0.1, 0.15) is 0 Å². The lowest BCUT2D eigenvalue weighted by molar-refractivity contribution is -0.144. The van der Waals surface area contributed by atoms with Gasteiger partial charge in [-0.05, 0) is 73.0 Å². The van der Waals surface area contributed by atoms with Gasteiger partial charge in [0.25, 0.3) is 0 Å². The number of ether oxygens (including phenoxy) is 1. The number of pyridine rings is 1. The molecule has 0 spiro atoms. The maximum Gasteiger partial charge on any atom is 0.313 e. The van der Waals surface area contributed by atoms with E-state index in [-0.39, 0.29) is 11.9 Å². The van der Waals surface area contributed by atoms with E-state index >= 15 is 0 Å². The second-order valence-corrected chi connectivity index (χ2v) is 7.98. The highest BCUT2D eigenvalue weighted by atomic mass is 16.5. The molecule has 0 aliphatic heterocycles. The van der Waals surface area contributed by atoms with Gasteiger partial charge in [0.15, 0.2) is 0 Å². The van der Waals surface area contributed by atoms with Crippen LogP contribution in [0, 0.1) is 17.8 Å². The molecule has 2 aromatic heterocycles. The third-order valence-corrected chi connectivity index (χ3v) is 6.67. The zero-order chi connectivity index (χ0) is 16.3. The molecule has 2 aromatic rings. The van der Waals surface area contributed by atoms with Crippen molar-refractivity contribution >= 4 is 11.5 Å². The third kappa shape index (κ3) is 2.11. The Balaban J connectivity index is 1.68. The molecule has 4 atom stereocenters. The fraction of sp³-hybridized carbons (Fsp3) is 0.600. The normalized spacial score (nSPS) is 30.0. The summed E-state index contributed by atoms with van der Waals surface area (Å²) in [6, 6.07) is 2.21. The van der Waals surface area contributed by atoms with Crippen LogP contribution >= 0.6 is 0 Å². The Bertz CT molecular complexity index is 792. The molecular weight excluding hydrogens is 300 g/mol. The van der Waals surface area contributed by atoms with Crippen LogP contribution in [0.25, 0.3) is 5.52 Å². The van der Waals surface area contributed by atoms with E-state index in [4.69, 9.17) is 4.74 Å². The highest BCUT2D eigenvalue weighted by Crippen LogP contribution is 2.55. The average molecular weight is 324 g/mol. The van der Waals surface area contributed by atoms with Gasteiger partial charge >= 0.3 is 5.97 Å². The fourth-order valence-corrected chi connectivity index (χ4v) is 5.46. The van der Waals surface area contributed by atoms with Gasteiger partial charge in [-0.3, -0.25) is 4.79 Å². The Morgan fingerprint density at radius 1 is 1.29 bits per heavy atom. The highest BCUT2D eigenvalue weighted by molar-refractivity contribution is 5.83. The number of rotatable bonds is 4. The first kappa shape index (κ1) is 14.5. The summed E-state index contributed by atoms with van der Waals surface area (Å²) in [6.45, 7) is 0. The molecule has 0 aromatic carbocycles. The predicted octanol–water partition coefficient (Wildman–Crippen LogP) is 3.90. The van der Waals surface area contributed by atoms with Gasteiger partial charge in [-0.2, -0.15) is 0 Å². The second kappa shape index (κ2) is 5.33. The molecule has 0 amide bonds. The van der Waals surface area contributed by atoms with Crippen LogP contribution in [-0.2, 0) is 9.53 Å². The topological polar surface area (TPSA) is 43.6 Å². The van der Waals surface area contributed by atoms with E-state index in [0.29, 0.717) is 17.8 Å². The van der Waals surface area contributed by atoms with E-state index < -0.39 is 0 Å². The smallest absolute Gasteiger partial charge is 0.313 e. The number of imidazole rings is 1. The SMILES string of the molecule is COC(=O)C(c1c(C2CC2)ccn2cncc12)C1CC2CCC1C2. The van der Waals surface area contributed by atoms with Gasteiger partial charge in [-0.15, -0.1) is 0 Å². The largest absolute Gasteiger partial charge is 0.469 e. The first-order valence-electron chi connectivity index (χ1n) is 9.28. The summed E-state index contributed by atoms with van der Waals surface area (Å²) in [7, 11) is 1.54. The van der Waals surface area contributed by atoms with E-state index in [9.17, 15) is 4.79 Å². The van der Waals surface area contributed by atoms with Crippen molar-refractivity contribution in [1.82, 2.24) is 9.38 Å². The summed E-state index contributed by atoms with van der Waals surface area (Å²) in [6.07, 6.45) is 13.4. The van der Waals surface area contributed by atoms with E-state index in [2.05, 4.69) is 21.6 Å². The lowest BCUT2D eigenvalue weighted by Gasteiger charge is -2.30. The third-order valence-electron chi connectivity index (χ3n) is 6.67. The van der Waals surface area contributed by atoms with Crippen LogP contribution in [0.3, 0.4) is 0 Å². The fourth-order valence-electron chi connectivity index (χ4n) is 5.46. The maximum absolute atomic E-state index is 12.9. The van der Waals surface area contributed by atoms with Gasteiger partial charge in [-0.1, -0.05) is 6.42 Å². The lowest BCUT2D eigenvalue weighted by Crippen LogP contribution is -2.28. The number of aromatic nitrogens is 2. The molecule has 2 bridgehead atoms. The number of hydrogen-bond donors (Lipinski definition) is 0. The van der Waals surface area contributed by atoms with E-state index in [0.717, 1.165) is 11.4 Å². The predicted molar refractivity (Wildman–Crippen MR) is 90.9 cm³/mol. The molecule has 4 heteroatoms. The minimum absolute atomic E-state index is 0.0521. The maximum atomic E-state index is 12.9. The molecule has 4 nitrogen and oxygen atoms in total. The van der Waals surface area contributed by atoms with Gasteiger partial charge in [0.05, 0.1) is 31.1 Å². The minimum atomic E-state index is -0.124. The summed E-state index contributed by atoms with van der Waals surface area (Å²) in [5, 5.41) is 0. The summed E-state index contributed by atoms with van der Waals surface area (Å²) in [5.41, 5.74) is 3.67. The molecule has 4 unspecified atom stereocenters. The zero-order valence-electron chi connectivity index (χ0n) is 14.1. The van der Waals surface area contributed by atoms with Crippen LogP contribution in [-0.4, -0.2) is 22.5 Å². The number of hydrogen-bond acceptors (Lipinski definition) is 3. The van der Waals surface area contributed by atoms with Crippen molar-refractivity contribution in [2.45, 2.75) is 50.4 Å². The number of methoxy groups -OCH3 is 1. The van der Waals surface area contributed by atoms with Crippen LogP contribution in [0.5, 0.6) is 0 Å². The molecule has 126 valence electrons. The van der Waals surface area contributed by atoms with Crippen molar-refractivity contribution in [3.8, 4) is 0 Å². The van der Waals surface area contributed by atoms with Gasteiger partial charge in [0, 0.05) is 6.20 Å². The van der Waals surface area contributed by atoms with Crippen molar-refractivity contribution in [2.24, 2.45) is 17.8 Å². The van der Waals surface area contributed by atoms with Gasteiger partial charge in [-0.25, -0.2) is 4.98 Å². The molecule has 0 radical (unpaired) electrons. The first-order chi connectivity index (χ1) is 11.8. The monoisotopic (exact) mass is 324 g/mol. The van der Waals surface area contributed by atoms with Crippen molar-refractivity contribution < 1.29 is 9.53 Å². The van der Waals surface area contributed by atoms with Crippen LogP contribution in [0.15, 0.2) is 24.8 Å². The van der Waals surface area contributed by atoms with Crippen LogP contribution < -0.4 is 0 Å². The van der Waals surface area contributed by atoms with Crippen molar-refractivity contribution in [3.63, 3.8) is 0 Å². The number of carbonyl (C=O) groups is 1. The van der Waals surface area contributed by atoms with Crippen LogP contribution in [0.1, 0.15) is 61.5 Å². The number of esters is 1. The Labute approximate surface area is 142 Å². The molecule has 3 fully saturated rings. The summed E-state index contributed by atoms with van der Waals surface area (Å²) >= 11 is 0. The number of nitrogens with zero attached hydrogens (tertiary/aromatic N) is 2. The first-order valence-corrected chi connectivity index (χ1v) is 9.28. The van der Waals surface area contributed by atoms with E-state index in [1.54, 1.807) is 0 Å². The Hall–Kier alpha value is -1.84. The average Bonchev–Trinajstić information content (AvgIpc) is 3.01. The zero-order valence-corrected chi connectivity index (χ0v) is 14.1. The highest BCUT2D eigenvalue weighted by Gasteiger charge is 2.48. The molecule has 24 heavy (non-hydrogen) atoms. The Morgan fingerprint density at radius 3 is 2.83 bits per heavy atom. The molecule has 3 saturated carbocycles. The summed E-state index contributed by atoms with van der Waals surface area (Å²) in [5.74, 6) is 2.39. The summed E-state index contributed by atoms with van der Waals surface area (Å²) < 4.78 is 7.36. The number of carbonyl (C=O) groups excluding carboxylic acids is 1. The molecule has 2 heterocycles. The molecule has 5 rings (SSSR count).